The maximum absolute atomic E-state index is 13.1. The molecule has 0 aliphatic rings. The van der Waals surface area contributed by atoms with Crippen LogP contribution in [0.2, 0.25) is 0 Å². The second kappa shape index (κ2) is 7.09. The summed E-state index contributed by atoms with van der Waals surface area (Å²) < 4.78 is 18.2. The van der Waals surface area contributed by atoms with Gasteiger partial charge in [-0.15, -0.1) is 0 Å². The normalized spacial score (nSPS) is 13.5. The van der Waals surface area contributed by atoms with Gasteiger partial charge >= 0.3 is 0 Å². The third-order valence-electron chi connectivity index (χ3n) is 3.50. The second-order valence-electron chi connectivity index (χ2n) is 5.06. The van der Waals surface area contributed by atoms with Crippen LogP contribution in [0.3, 0.4) is 0 Å². The van der Waals surface area contributed by atoms with Gasteiger partial charge in [0.1, 0.15) is 11.6 Å². The summed E-state index contributed by atoms with van der Waals surface area (Å²) in [6.07, 6.45) is 0. The summed E-state index contributed by atoms with van der Waals surface area (Å²) in [6.45, 7) is 2.00. The fourth-order valence-electron chi connectivity index (χ4n) is 2.20. The molecule has 2 rings (SSSR count). The van der Waals surface area contributed by atoms with E-state index in [1.807, 2.05) is 31.2 Å². The Morgan fingerprint density at radius 1 is 1.10 bits per heavy atom. The van der Waals surface area contributed by atoms with Crippen LogP contribution in [-0.4, -0.2) is 18.8 Å². The number of halogens is 1. The molecule has 4 heteroatoms. The highest BCUT2D eigenvalue weighted by Crippen LogP contribution is 2.27. The SMILES string of the molecule is COc1ccc(N[C@H](c2ccc(F)cc2)[C@H](C)CO)cc1. The van der Waals surface area contributed by atoms with Crippen molar-refractivity contribution < 1.29 is 14.2 Å². The monoisotopic (exact) mass is 289 g/mol. The van der Waals surface area contributed by atoms with Crippen LogP contribution < -0.4 is 10.1 Å². The first kappa shape index (κ1) is 15.3. The molecule has 0 saturated heterocycles. The lowest BCUT2D eigenvalue weighted by Gasteiger charge is -2.25. The van der Waals surface area contributed by atoms with E-state index < -0.39 is 0 Å². The Kier molecular flexibility index (Phi) is 5.17. The zero-order valence-electron chi connectivity index (χ0n) is 12.2. The van der Waals surface area contributed by atoms with Gasteiger partial charge in [-0.1, -0.05) is 19.1 Å². The third kappa shape index (κ3) is 3.95. The Labute approximate surface area is 124 Å². The number of hydrogen-bond donors (Lipinski definition) is 2. The van der Waals surface area contributed by atoms with Gasteiger partial charge in [0.2, 0.25) is 0 Å². The summed E-state index contributed by atoms with van der Waals surface area (Å²) >= 11 is 0. The molecule has 2 aromatic rings. The molecule has 2 N–H and O–H groups in total. The molecule has 0 fully saturated rings. The first-order valence-electron chi connectivity index (χ1n) is 6.91. The number of methoxy groups -OCH3 is 1. The summed E-state index contributed by atoms with van der Waals surface area (Å²) in [7, 11) is 1.62. The van der Waals surface area contributed by atoms with E-state index in [0.29, 0.717) is 0 Å². The van der Waals surface area contributed by atoms with Crippen molar-refractivity contribution in [2.24, 2.45) is 5.92 Å². The predicted molar refractivity (Wildman–Crippen MR) is 82.0 cm³/mol. The first-order chi connectivity index (χ1) is 10.1. The Bertz CT molecular complexity index is 554. The van der Waals surface area contributed by atoms with Crippen molar-refractivity contribution >= 4 is 5.69 Å². The fourth-order valence-corrected chi connectivity index (χ4v) is 2.20. The van der Waals surface area contributed by atoms with Gasteiger partial charge in [0, 0.05) is 18.2 Å². The average Bonchev–Trinajstić information content (AvgIpc) is 2.53. The number of aliphatic hydroxyl groups excluding tert-OH is 1. The molecule has 112 valence electrons. The quantitative estimate of drug-likeness (QED) is 0.853. The van der Waals surface area contributed by atoms with E-state index in [0.717, 1.165) is 17.0 Å². The van der Waals surface area contributed by atoms with E-state index in [2.05, 4.69) is 5.32 Å². The summed E-state index contributed by atoms with van der Waals surface area (Å²) in [5, 5.41) is 12.8. The standard InChI is InChI=1S/C17H20FNO2/c1-12(11-20)17(13-3-5-14(18)6-4-13)19-15-7-9-16(21-2)10-8-15/h3-10,12,17,19-20H,11H2,1-2H3/t12-,17+/m1/s1. The van der Waals surface area contributed by atoms with Gasteiger partial charge in [0.25, 0.3) is 0 Å². The van der Waals surface area contributed by atoms with Crippen LogP contribution >= 0.6 is 0 Å². The van der Waals surface area contributed by atoms with Gasteiger partial charge in [0.05, 0.1) is 13.2 Å². The van der Waals surface area contributed by atoms with Crippen molar-refractivity contribution in [3.63, 3.8) is 0 Å². The summed E-state index contributed by atoms with van der Waals surface area (Å²) in [4.78, 5) is 0. The zero-order chi connectivity index (χ0) is 15.2. The van der Waals surface area contributed by atoms with Gasteiger partial charge in [-0.25, -0.2) is 4.39 Å². The number of benzene rings is 2. The van der Waals surface area contributed by atoms with E-state index in [1.165, 1.54) is 12.1 Å². The molecule has 0 bridgehead atoms. The highest BCUT2D eigenvalue weighted by atomic mass is 19.1. The fraction of sp³-hybridized carbons (Fsp3) is 0.294. The average molecular weight is 289 g/mol. The van der Waals surface area contributed by atoms with Gasteiger partial charge < -0.3 is 15.2 Å². The molecule has 0 unspecified atom stereocenters. The molecule has 3 nitrogen and oxygen atoms in total. The molecule has 0 heterocycles. The van der Waals surface area contributed by atoms with Crippen LogP contribution in [0.15, 0.2) is 48.5 Å². The molecular weight excluding hydrogens is 269 g/mol. The van der Waals surface area contributed by atoms with Crippen molar-refractivity contribution in [3.8, 4) is 5.75 Å². The molecule has 2 aromatic carbocycles. The van der Waals surface area contributed by atoms with Crippen molar-refractivity contribution in [3.05, 3.63) is 59.9 Å². The van der Waals surface area contributed by atoms with E-state index in [1.54, 1.807) is 19.2 Å². The smallest absolute Gasteiger partial charge is 0.123 e. The highest BCUT2D eigenvalue weighted by molar-refractivity contribution is 5.48. The number of nitrogens with one attached hydrogen (secondary N) is 1. The van der Waals surface area contributed by atoms with Crippen molar-refractivity contribution in [2.75, 3.05) is 19.0 Å². The molecule has 0 aromatic heterocycles. The molecule has 21 heavy (non-hydrogen) atoms. The van der Waals surface area contributed by atoms with Crippen LogP contribution in [0, 0.1) is 11.7 Å². The number of aliphatic hydroxyl groups is 1. The van der Waals surface area contributed by atoms with Crippen LogP contribution in [0.25, 0.3) is 0 Å². The van der Waals surface area contributed by atoms with Gasteiger partial charge in [-0.05, 0) is 42.0 Å². The molecule has 0 amide bonds. The Morgan fingerprint density at radius 2 is 1.71 bits per heavy atom. The Morgan fingerprint density at radius 3 is 2.24 bits per heavy atom. The highest BCUT2D eigenvalue weighted by Gasteiger charge is 2.18. The van der Waals surface area contributed by atoms with Gasteiger partial charge in [-0.3, -0.25) is 0 Å². The maximum atomic E-state index is 13.1. The van der Waals surface area contributed by atoms with E-state index in [9.17, 15) is 9.50 Å². The minimum atomic E-state index is -0.265. The topological polar surface area (TPSA) is 41.5 Å². The van der Waals surface area contributed by atoms with Crippen molar-refractivity contribution in [2.45, 2.75) is 13.0 Å². The van der Waals surface area contributed by atoms with E-state index in [-0.39, 0.29) is 24.4 Å². The summed E-state index contributed by atoms with van der Waals surface area (Å²) in [5.41, 5.74) is 1.86. The molecule has 0 spiro atoms. The lowest BCUT2D eigenvalue weighted by molar-refractivity contribution is 0.222. The Hall–Kier alpha value is -2.07. The first-order valence-corrected chi connectivity index (χ1v) is 6.91. The molecule has 0 aliphatic carbocycles. The maximum Gasteiger partial charge on any atom is 0.123 e. The predicted octanol–water partition coefficient (Wildman–Crippen LogP) is 3.62. The van der Waals surface area contributed by atoms with Gasteiger partial charge in [0.15, 0.2) is 0 Å². The van der Waals surface area contributed by atoms with E-state index >= 15 is 0 Å². The minimum absolute atomic E-state index is 0.00226. The van der Waals surface area contributed by atoms with Crippen molar-refractivity contribution in [1.29, 1.82) is 0 Å². The van der Waals surface area contributed by atoms with E-state index in [4.69, 9.17) is 4.74 Å². The Balaban J connectivity index is 2.21. The molecule has 0 aliphatic heterocycles. The number of hydrogen-bond acceptors (Lipinski definition) is 3. The minimum Gasteiger partial charge on any atom is -0.497 e. The second-order valence-corrected chi connectivity index (χ2v) is 5.06. The van der Waals surface area contributed by atoms with Crippen LogP contribution in [0.4, 0.5) is 10.1 Å². The van der Waals surface area contributed by atoms with Crippen LogP contribution in [-0.2, 0) is 0 Å². The molecule has 2 atom stereocenters. The lowest BCUT2D eigenvalue weighted by Crippen LogP contribution is -2.21. The largest absolute Gasteiger partial charge is 0.497 e. The summed E-state index contributed by atoms with van der Waals surface area (Å²) in [5.74, 6) is 0.519. The molecule has 0 saturated carbocycles. The summed E-state index contributed by atoms with van der Waals surface area (Å²) in [6, 6.07) is 13.8. The number of anilines is 1. The number of rotatable bonds is 6. The van der Waals surface area contributed by atoms with Crippen LogP contribution in [0.5, 0.6) is 5.75 Å². The number of ether oxygens (including phenoxy) is 1. The third-order valence-corrected chi connectivity index (χ3v) is 3.50. The molecule has 0 radical (unpaired) electrons. The van der Waals surface area contributed by atoms with Crippen LogP contribution in [0.1, 0.15) is 18.5 Å². The zero-order valence-corrected chi connectivity index (χ0v) is 12.2. The van der Waals surface area contributed by atoms with Crippen molar-refractivity contribution in [1.82, 2.24) is 0 Å². The van der Waals surface area contributed by atoms with Gasteiger partial charge in [-0.2, -0.15) is 0 Å². The molecular formula is C17H20FNO2. The lowest BCUT2D eigenvalue weighted by atomic mass is 9.94.